The molecular formula is C20H20N5O4+. The fourth-order valence-electron chi connectivity index (χ4n) is 2.63. The lowest BCUT2D eigenvalue weighted by Crippen LogP contribution is -2.48. The van der Waals surface area contributed by atoms with Crippen molar-refractivity contribution in [3.05, 3.63) is 81.8 Å². The van der Waals surface area contributed by atoms with Gasteiger partial charge in [0.1, 0.15) is 5.75 Å². The average Bonchev–Trinajstić information content (AvgIpc) is 3.07. The molecule has 29 heavy (non-hydrogen) atoms. The summed E-state index contributed by atoms with van der Waals surface area (Å²) in [6.07, 6.45) is 1.45. The molecule has 0 spiro atoms. The number of ketones is 1. The highest BCUT2D eigenvalue weighted by molar-refractivity contribution is 5.95. The SMILES string of the molecule is CNC(=O)c1c(=O)n(/N=C/c2ccc(OC)cc2)[nH][n+]1CC(=O)c1ccccc1. The van der Waals surface area contributed by atoms with Crippen LogP contribution in [0.15, 0.2) is 64.5 Å². The second-order valence-corrected chi connectivity index (χ2v) is 6.04. The molecule has 0 saturated carbocycles. The van der Waals surface area contributed by atoms with Crippen molar-refractivity contribution in [3.63, 3.8) is 0 Å². The minimum absolute atomic E-state index is 0.215. The second kappa shape index (κ2) is 8.79. The molecule has 0 aliphatic heterocycles. The number of carbonyl (C=O) groups is 2. The fourth-order valence-corrected chi connectivity index (χ4v) is 2.63. The number of hydrogen-bond acceptors (Lipinski definition) is 5. The number of nitrogens with zero attached hydrogens (tertiary/aromatic N) is 3. The van der Waals surface area contributed by atoms with Crippen LogP contribution in [0.25, 0.3) is 0 Å². The largest absolute Gasteiger partial charge is 0.497 e. The Hall–Kier alpha value is -4.01. The van der Waals surface area contributed by atoms with E-state index in [9.17, 15) is 14.4 Å². The summed E-state index contributed by atoms with van der Waals surface area (Å²) in [5.41, 5.74) is 0.303. The summed E-state index contributed by atoms with van der Waals surface area (Å²) in [4.78, 5) is 38.2. The van der Waals surface area contributed by atoms with Crippen LogP contribution < -0.4 is 20.3 Å². The minimum atomic E-state index is -0.671. The third kappa shape index (κ3) is 4.46. The number of hydrogen-bond donors (Lipinski definition) is 2. The maximum Gasteiger partial charge on any atom is 0.432 e. The zero-order valence-corrected chi connectivity index (χ0v) is 16.0. The molecule has 1 heterocycles. The maximum absolute atomic E-state index is 12.6. The normalized spacial score (nSPS) is 10.8. The van der Waals surface area contributed by atoms with Crippen LogP contribution in [0, 0.1) is 0 Å². The number of methoxy groups -OCH3 is 1. The molecule has 9 heteroatoms. The number of rotatable bonds is 7. The van der Waals surface area contributed by atoms with E-state index < -0.39 is 11.5 Å². The lowest BCUT2D eigenvalue weighted by Gasteiger charge is -1.99. The van der Waals surface area contributed by atoms with Gasteiger partial charge in [-0.3, -0.25) is 9.59 Å². The summed E-state index contributed by atoms with van der Waals surface area (Å²) in [7, 11) is 2.97. The lowest BCUT2D eigenvalue weighted by atomic mass is 10.1. The third-order valence-corrected chi connectivity index (χ3v) is 4.16. The Kier molecular flexibility index (Phi) is 5.98. The fraction of sp³-hybridized carbons (Fsp3) is 0.150. The summed E-state index contributed by atoms with van der Waals surface area (Å²) in [5.74, 6) is -0.183. The summed E-state index contributed by atoms with van der Waals surface area (Å²) >= 11 is 0. The van der Waals surface area contributed by atoms with Gasteiger partial charge in [0.2, 0.25) is 5.78 Å². The highest BCUT2D eigenvalue weighted by Crippen LogP contribution is 2.09. The van der Waals surface area contributed by atoms with Crippen LogP contribution in [0.1, 0.15) is 26.4 Å². The van der Waals surface area contributed by atoms with Crippen molar-refractivity contribution in [2.45, 2.75) is 6.54 Å². The van der Waals surface area contributed by atoms with E-state index in [4.69, 9.17) is 4.74 Å². The molecule has 2 N–H and O–H groups in total. The molecule has 0 unspecified atom stereocenters. The van der Waals surface area contributed by atoms with E-state index >= 15 is 0 Å². The molecule has 148 valence electrons. The quantitative estimate of drug-likeness (QED) is 0.347. The van der Waals surface area contributed by atoms with Gasteiger partial charge in [-0.25, -0.2) is 4.79 Å². The lowest BCUT2D eigenvalue weighted by molar-refractivity contribution is -0.744. The summed E-state index contributed by atoms with van der Waals surface area (Å²) < 4.78 is 6.28. The first-order chi connectivity index (χ1) is 14.0. The van der Waals surface area contributed by atoms with E-state index in [1.54, 1.807) is 61.7 Å². The highest BCUT2D eigenvalue weighted by atomic mass is 16.5. The van der Waals surface area contributed by atoms with Crippen molar-refractivity contribution in [1.29, 1.82) is 0 Å². The smallest absolute Gasteiger partial charge is 0.432 e. The number of carbonyl (C=O) groups excluding carboxylic acids is 2. The van der Waals surface area contributed by atoms with Gasteiger partial charge < -0.3 is 10.1 Å². The van der Waals surface area contributed by atoms with Crippen LogP contribution in [0.2, 0.25) is 0 Å². The van der Waals surface area contributed by atoms with Crippen molar-refractivity contribution < 1.29 is 19.0 Å². The van der Waals surface area contributed by atoms with E-state index in [0.717, 1.165) is 10.4 Å². The molecule has 1 aromatic heterocycles. The molecule has 0 saturated heterocycles. The average molecular weight is 394 g/mol. The first-order valence-corrected chi connectivity index (χ1v) is 8.77. The van der Waals surface area contributed by atoms with Crippen molar-refractivity contribution in [2.24, 2.45) is 5.10 Å². The highest BCUT2D eigenvalue weighted by Gasteiger charge is 2.29. The van der Waals surface area contributed by atoms with Crippen molar-refractivity contribution in [2.75, 3.05) is 14.2 Å². The summed E-state index contributed by atoms with van der Waals surface area (Å²) in [6, 6.07) is 15.7. The van der Waals surface area contributed by atoms with Gasteiger partial charge in [0.15, 0.2) is 6.54 Å². The Morgan fingerprint density at radius 1 is 1.17 bits per heavy atom. The third-order valence-electron chi connectivity index (χ3n) is 4.16. The standard InChI is InChI=1S/C20H19N5O4/c1-21-19(27)18-20(28)25(22-12-14-8-10-16(29-2)11-9-14)23-24(18)13-17(26)15-6-4-3-5-7-15/h3-12H,13H2,1-2H3,(H-,21,23,27,28)/p+1/b22-12+. The van der Waals surface area contributed by atoms with Crippen LogP contribution in [0.3, 0.4) is 0 Å². The number of H-pyrrole nitrogens is 1. The van der Waals surface area contributed by atoms with Gasteiger partial charge in [-0.1, -0.05) is 40.6 Å². The Morgan fingerprint density at radius 2 is 1.86 bits per heavy atom. The molecule has 0 bridgehead atoms. The minimum Gasteiger partial charge on any atom is -0.497 e. The summed E-state index contributed by atoms with van der Waals surface area (Å²) in [5, 5.41) is 9.16. The topological polar surface area (TPSA) is 109 Å². The molecule has 0 atom stereocenters. The molecule has 0 fully saturated rings. The molecule has 2 aromatic carbocycles. The molecule has 0 radical (unpaired) electrons. The molecule has 0 aliphatic rings. The van der Waals surface area contributed by atoms with Gasteiger partial charge in [0, 0.05) is 17.4 Å². The first kappa shape index (κ1) is 19.7. The summed E-state index contributed by atoms with van der Waals surface area (Å²) in [6.45, 7) is -0.215. The van der Waals surface area contributed by atoms with Crippen LogP contribution in [-0.2, 0) is 6.54 Å². The Bertz CT molecular complexity index is 1100. The van der Waals surface area contributed by atoms with E-state index in [0.29, 0.717) is 11.3 Å². The van der Waals surface area contributed by atoms with Crippen molar-refractivity contribution in [3.8, 4) is 5.75 Å². The van der Waals surface area contributed by atoms with Crippen molar-refractivity contribution >= 4 is 17.9 Å². The molecule has 9 nitrogen and oxygen atoms in total. The molecule has 3 aromatic rings. The van der Waals surface area contributed by atoms with Gasteiger partial charge in [-0.2, -0.15) is 0 Å². The number of amides is 1. The van der Waals surface area contributed by atoms with Crippen LogP contribution in [0.5, 0.6) is 5.75 Å². The molecule has 3 rings (SSSR count). The number of nitrogens with one attached hydrogen (secondary N) is 2. The van der Waals surface area contributed by atoms with Gasteiger partial charge in [-0.05, 0) is 29.8 Å². The second-order valence-electron chi connectivity index (χ2n) is 6.04. The molecule has 0 aliphatic carbocycles. The van der Waals surface area contributed by atoms with Crippen LogP contribution >= 0.6 is 0 Å². The van der Waals surface area contributed by atoms with Gasteiger partial charge in [-0.15, -0.1) is 4.68 Å². The molecular weight excluding hydrogens is 374 g/mol. The number of aromatic amines is 1. The Balaban J connectivity index is 1.92. The Morgan fingerprint density at radius 3 is 2.48 bits per heavy atom. The van der Waals surface area contributed by atoms with Crippen LogP contribution in [-0.4, -0.2) is 42.1 Å². The number of aromatic nitrogens is 3. The Labute approximate surface area is 166 Å². The van der Waals surface area contributed by atoms with Crippen LogP contribution in [0.4, 0.5) is 0 Å². The predicted octanol–water partition coefficient (Wildman–Crippen LogP) is 0.597. The van der Waals surface area contributed by atoms with E-state index in [1.165, 1.54) is 17.9 Å². The number of benzene rings is 2. The van der Waals surface area contributed by atoms with E-state index in [1.807, 2.05) is 0 Å². The van der Waals surface area contributed by atoms with E-state index in [2.05, 4.69) is 15.6 Å². The zero-order chi connectivity index (χ0) is 20.8. The van der Waals surface area contributed by atoms with Gasteiger partial charge in [0.05, 0.1) is 13.3 Å². The monoisotopic (exact) mass is 394 g/mol. The van der Waals surface area contributed by atoms with Gasteiger partial charge >= 0.3 is 17.2 Å². The first-order valence-electron chi connectivity index (χ1n) is 8.77. The number of ether oxygens (including phenoxy) is 1. The van der Waals surface area contributed by atoms with Gasteiger partial charge in [0.25, 0.3) is 0 Å². The van der Waals surface area contributed by atoms with Crippen molar-refractivity contribution in [1.82, 2.24) is 15.3 Å². The predicted molar refractivity (Wildman–Crippen MR) is 105 cm³/mol. The molecule has 1 amide bonds. The van der Waals surface area contributed by atoms with E-state index in [-0.39, 0.29) is 18.0 Å². The number of Topliss-reactive ketones (excluding diaryl/α,β-unsaturated/α-hetero) is 1. The maximum atomic E-state index is 12.6. The zero-order valence-electron chi connectivity index (χ0n) is 16.0.